The summed E-state index contributed by atoms with van der Waals surface area (Å²) in [4.78, 5) is 23.6. The first-order valence-corrected chi connectivity index (χ1v) is 13.3. The molecule has 0 bridgehead atoms. The highest BCUT2D eigenvalue weighted by atomic mass is 16.5. The van der Waals surface area contributed by atoms with Crippen LogP contribution in [-0.4, -0.2) is 56.8 Å². The smallest absolute Gasteiger partial charge is 0.312 e. The standard InChI is InChI=1S/2C16H14O6/c2*1-21-13-4-8(2-3-11(13)18)10-7-15(20)22-14-6-9(17)5-12(19)16(10)14/h2*2-6,10,17-19H,7H2,1H3/t2*10-/m10/s1. The molecule has 12 nitrogen and oxygen atoms in total. The van der Waals surface area contributed by atoms with Crippen molar-refractivity contribution in [2.45, 2.75) is 24.7 Å². The number of carbonyl (C=O) groups excluding carboxylic acids is 2. The minimum atomic E-state index is -0.463. The molecule has 0 aromatic heterocycles. The Balaban J connectivity index is 0.000000175. The van der Waals surface area contributed by atoms with Crippen LogP contribution >= 0.6 is 0 Å². The molecule has 228 valence electrons. The third-order valence-electron chi connectivity index (χ3n) is 7.31. The van der Waals surface area contributed by atoms with E-state index in [2.05, 4.69) is 0 Å². The normalized spacial score (nSPS) is 16.8. The van der Waals surface area contributed by atoms with Crippen molar-refractivity contribution in [3.8, 4) is 57.5 Å². The van der Waals surface area contributed by atoms with E-state index in [4.69, 9.17) is 18.9 Å². The number of aromatic hydroxyl groups is 6. The van der Waals surface area contributed by atoms with Gasteiger partial charge in [0.05, 0.1) is 27.1 Å². The number of hydrogen-bond donors (Lipinski definition) is 6. The molecule has 4 aromatic carbocycles. The number of rotatable bonds is 4. The van der Waals surface area contributed by atoms with E-state index in [1.807, 2.05) is 0 Å². The first-order chi connectivity index (χ1) is 21.0. The Kier molecular flexibility index (Phi) is 7.99. The van der Waals surface area contributed by atoms with Gasteiger partial charge in [-0.05, 0) is 35.4 Å². The molecule has 0 saturated heterocycles. The minimum absolute atomic E-state index is 0.0141. The Morgan fingerprint density at radius 2 is 0.955 bits per heavy atom. The molecule has 0 saturated carbocycles. The molecule has 0 fully saturated rings. The van der Waals surface area contributed by atoms with Crippen LogP contribution in [0.1, 0.15) is 46.9 Å². The van der Waals surface area contributed by atoms with Crippen LogP contribution in [0, 0.1) is 0 Å². The molecular weight excluding hydrogens is 576 g/mol. The van der Waals surface area contributed by atoms with Crippen LogP contribution in [-0.2, 0) is 9.59 Å². The summed E-state index contributed by atoms with van der Waals surface area (Å²) in [6.45, 7) is 0. The minimum Gasteiger partial charge on any atom is -0.508 e. The molecule has 44 heavy (non-hydrogen) atoms. The second-order valence-electron chi connectivity index (χ2n) is 10.1. The van der Waals surface area contributed by atoms with Crippen molar-refractivity contribution in [2.75, 3.05) is 14.2 Å². The molecule has 2 heterocycles. The van der Waals surface area contributed by atoms with Gasteiger partial charge in [0.1, 0.15) is 34.5 Å². The summed E-state index contributed by atoms with van der Waals surface area (Å²) < 4.78 is 20.3. The lowest BCUT2D eigenvalue weighted by Crippen LogP contribution is -2.21. The molecule has 12 heteroatoms. The van der Waals surface area contributed by atoms with Crippen molar-refractivity contribution in [3.63, 3.8) is 0 Å². The topological polar surface area (TPSA) is 192 Å². The number of fused-ring (bicyclic) bond motifs is 2. The summed E-state index contributed by atoms with van der Waals surface area (Å²) in [6.07, 6.45) is 0.0819. The van der Waals surface area contributed by atoms with Crippen molar-refractivity contribution in [1.82, 2.24) is 0 Å². The molecule has 0 radical (unpaired) electrons. The molecule has 2 aliphatic heterocycles. The zero-order valence-electron chi connectivity index (χ0n) is 23.5. The molecule has 2 aliphatic rings. The van der Waals surface area contributed by atoms with Crippen LogP contribution in [0.5, 0.6) is 57.5 Å². The zero-order chi connectivity index (χ0) is 31.7. The van der Waals surface area contributed by atoms with Gasteiger partial charge in [0, 0.05) is 47.2 Å². The monoisotopic (exact) mass is 604 g/mol. The van der Waals surface area contributed by atoms with Gasteiger partial charge in [0.15, 0.2) is 23.0 Å². The Bertz CT molecular complexity index is 1630. The van der Waals surface area contributed by atoms with Crippen molar-refractivity contribution < 1.29 is 59.2 Å². The second-order valence-corrected chi connectivity index (χ2v) is 10.1. The third-order valence-corrected chi connectivity index (χ3v) is 7.31. The van der Waals surface area contributed by atoms with Crippen molar-refractivity contribution in [1.29, 1.82) is 0 Å². The highest BCUT2D eigenvalue weighted by Crippen LogP contribution is 2.48. The number of benzene rings is 4. The van der Waals surface area contributed by atoms with Crippen LogP contribution < -0.4 is 18.9 Å². The fraction of sp³-hybridized carbons (Fsp3) is 0.188. The van der Waals surface area contributed by atoms with Crippen molar-refractivity contribution in [3.05, 3.63) is 82.9 Å². The predicted molar refractivity (Wildman–Crippen MR) is 153 cm³/mol. The maximum absolute atomic E-state index is 11.8. The van der Waals surface area contributed by atoms with Gasteiger partial charge >= 0.3 is 11.9 Å². The largest absolute Gasteiger partial charge is 0.508 e. The fourth-order valence-corrected chi connectivity index (χ4v) is 5.32. The number of phenols is 6. The van der Waals surface area contributed by atoms with Crippen LogP contribution in [0.25, 0.3) is 0 Å². The van der Waals surface area contributed by atoms with E-state index in [1.54, 1.807) is 24.3 Å². The van der Waals surface area contributed by atoms with Gasteiger partial charge in [0.2, 0.25) is 0 Å². The number of esters is 2. The number of phenolic OH excluding ortho intramolecular Hbond substituents is 6. The van der Waals surface area contributed by atoms with Crippen molar-refractivity contribution in [2.24, 2.45) is 0 Å². The molecule has 4 aromatic rings. The van der Waals surface area contributed by atoms with Crippen LogP contribution in [0.4, 0.5) is 0 Å². The summed E-state index contributed by atoms with van der Waals surface area (Å²) in [5.41, 5.74) is 2.22. The van der Waals surface area contributed by atoms with Gasteiger partial charge in [-0.1, -0.05) is 12.1 Å². The highest BCUT2D eigenvalue weighted by molar-refractivity contribution is 5.80. The molecule has 6 rings (SSSR count). The van der Waals surface area contributed by atoms with Crippen LogP contribution in [0.2, 0.25) is 0 Å². The van der Waals surface area contributed by atoms with E-state index >= 15 is 0 Å². The number of methoxy groups -OCH3 is 2. The Hall–Kier alpha value is -5.78. The Morgan fingerprint density at radius 3 is 1.32 bits per heavy atom. The van der Waals surface area contributed by atoms with E-state index in [9.17, 15) is 40.2 Å². The van der Waals surface area contributed by atoms with Crippen molar-refractivity contribution >= 4 is 11.9 Å². The maximum Gasteiger partial charge on any atom is 0.312 e. The van der Waals surface area contributed by atoms with E-state index in [0.717, 1.165) is 0 Å². The van der Waals surface area contributed by atoms with Gasteiger partial charge in [-0.15, -0.1) is 0 Å². The summed E-state index contributed by atoms with van der Waals surface area (Å²) in [6, 6.07) is 14.4. The quantitative estimate of drug-likeness (QED) is 0.141. The summed E-state index contributed by atoms with van der Waals surface area (Å²) >= 11 is 0. The third kappa shape index (κ3) is 5.77. The number of hydrogen-bond acceptors (Lipinski definition) is 12. The van der Waals surface area contributed by atoms with Gasteiger partial charge < -0.3 is 49.6 Å². The molecular formula is C32H28O12. The van der Waals surface area contributed by atoms with E-state index < -0.39 is 23.8 Å². The average molecular weight is 605 g/mol. The molecule has 0 aliphatic carbocycles. The zero-order valence-corrected chi connectivity index (χ0v) is 23.5. The van der Waals surface area contributed by atoms with E-state index in [0.29, 0.717) is 22.3 Å². The Labute approximate surface area is 250 Å². The molecule has 2 atom stereocenters. The Morgan fingerprint density at radius 1 is 0.568 bits per heavy atom. The summed E-state index contributed by atoms with van der Waals surface area (Å²) in [7, 11) is 2.86. The lowest BCUT2D eigenvalue weighted by atomic mass is 9.85. The first-order valence-electron chi connectivity index (χ1n) is 13.3. The van der Waals surface area contributed by atoms with E-state index in [1.165, 1.54) is 50.6 Å². The predicted octanol–water partition coefficient (Wildman–Crippen LogP) is 4.51. The SMILES string of the molecule is COc1cc([C@@H]2CC(=O)Oc3cc(O)cc(O)c32)ccc1O.COc1cc([C@H]2CC(=O)Oc3cc(O)cc(O)c32)ccc1O. The highest BCUT2D eigenvalue weighted by Gasteiger charge is 2.33. The fourth-order valence-electron chi connectivity index (χ4n) is 5.32. The summed E-state index contributed by atoms with van der Waals surface area (Å²) in [5.74, 6) is -1.73. The van der Waals surface area contributed by atoms with Crippen LogP contribution in [0.3, 0.4) is 0 Å². The molecule has 6 N–H and O–H groups in total. The average Bonchev–Trinajstić information content (AvgIpc) is 2.96. The van der Waals surface area contributed by atoms with Gasteiger partial charge in [0.25, 0.3) is 0 Å². The molecule has 0 spiro atoms. The van der Waals surface area contributed by atoms with Gasteiger partial charge in [-0.2, -0.15) is 0 Å². The lowest BCUT2D eigenvalue weighted by Gasteiger charge is -2.26. The maximum atomic E-state index is 11.8. The second kappa shape index (κ2) is 11.8. The molecule has 0 unspecified atom stereocenters. The van der Waals surface area contributed by atoms with Gasteiger partial charge in [-0.3, -0.25) is 9.59 Å². The van der Waals surface area contributed by atoms with Crippen LogP contribution in [0.15, 0.2) is 60.7 Å². The first kappa shape index (κ1) is 29.7. The van der Waals surface area contributed by atoms with E-state index in [-0.39, 0.29) is 70.3 Å². The molecule has 0 amide bonds. The summed E-state index contributed by atoms with van der Waals surface area (Å²) in [5, 5.41) is 58.6. The lowest BCUT2D eigenvalue weighted by molar-refractivity contribution is -0.136. The van der Waals surface area contributed by atoms with Gasteiger partial charge in [-0.25, -0.2) is 0 Å². The number of ether oxygens (including phenoxy) is 4. The number of carbonyl (C=O) groups is 2.